The van der Waals surface area contributed by atoms with Crippen LogP contribution in [0.5, 0.6) is 0 Å². The van der Waals surface area contributed by atoms with Crippen LogP contribution < -0.4 is 5.32 Å². The number of likely N-dealkylation sites (N-methyl/N-ethyl adjacent to an activating group) is 1. The molecule has 0 atom stereocenters. The predicted molar refractivity (Wildman–Crippen MR) is 80.3 cm³/mol. The number of hydrogen-bond donors (Lipinski definition) is 3. The Morgan fingerprint density at radius 3 is 2.29 bits per heavy atom. The van der Waals surface area contributed by atoms with Gasteiger partial charge in [0.15, 0.2) is 0 Å². The van der Waals surface area contributed by atoms with Crippen LogP contribution in [0, 0.1) is 0 Å². The maximum Gasteiger partial charge on any atom is 0.407 e. The molecule has 0 aliphatic rings. The van der Waals surface area contributed by atoms with Crippen molar-refractivity contribution < 1.29 is 24.5 Å². The molecule has 0 radical (unpaired) electrons. The summed E-state index contributed by atoms with van der Waals surface area (Å²) in [5, 5.41) is 20.3. The fourth-order valence-electron chi connectivity index (χ4n) is 1.67. The Morgan fingerprint density at radius 2 is 1.76 bits per heavy atom. The van der Waals surface area contributed by atoms with Crippen LogP contribution in [-0.4, -0.2) is 80.9 Å². The van der Waals surface area contributed by atoms with Gasteiger partial charge in [0, 0.05) is 26.3 Å². The molecule has 0 fully saturated rings. The van der Waals surface area contributed by atoms with Crippen molar-refractivity contribution in [1.29, 1.82) is 0 Å². The molecule has 1 amide bonds. The number of aliphatic hydroxyl groups is 2. The maximum absolute atomic E-state index is 11.6. The molecule has 0 bridgehead atoms. The third-order valence-corrected chi connectivity index (χ3v) is 2.84. The van der Waals surface area contributed by atoms with Crippen molar-refractivity contribution in [2.75, 3.05) is 53.6 Å². The van der Waals surface area contributed by atoms with Crippen molar-refractivity contribution in [2.45, 2.75) is 31.8 Å². The molecular formula is C14H30N2O5. The number of aliphatic hydroxyl groups excluding tert-OH is 2. The van der Waals surface area contributed by atoms with E-state index in [9.17, 15) is 4.79 Å². The Bertz CT molecular complexity index is 244. The smallest absolute Gasteiger partial charge is 0.407 e. The number of carbonyl (C=O) groups excluding carboxylic acids is 1. The SMILES string of the molecule is CN(C)CCOCCNC(=O)OC(CCCO)CCCO. The van der Waals surface area contributed by atoms with Gasteiger partial charge in [-0.1, -0.05) is 0 Å². The minimum Gasteiger partial charge on any atom is -0.446 e. The maximum atomic E-state index is 11.6. The lowest BCUT2D eigenvalue weighted by Gasteiger charge is -2.17. The van der Waals surface area contributed by atoms with Gasteiger partial charge < -0.3 is 29.9 Å². The number of nitrogens with zero attached hydrogens (tertiary/aromatic N) is 1. The second kappa shape index (κ2) is 14.1. The first-order chi connectivity index (χ1) is 10.1. The van der Waals surface area contributed by atoms with Crippen molar-refractivity contribution in [3.63, 3.8) is 0 Å². The largest absolute Gasteiger partial charge is 0.446 e. The summed E-state index contributed by atoms with van der Waals surface area (Å²) in [6.45, 7) is 2.45. The molecule has 0 saturated carbocycles. The summed E-state index contributed by atoms with van der Waals surface area (Å²) < 4.78 is 10.6. The van der Waals surface area contributed by atoms with E-state index in [1.807, 2.05) is 19.0 Å². The lowest BCUT2D eigenvalue weighted by atomic mass is 10.1. The fourth-order valence-corrected chi connectivity index (χ4v) is 1.67. The standard InChI is InChI=1S/C14H30N2O5/c1-16(2)8-12-20-11-7-15-14(19)21-13(5-3-9-17)6-4-10-18/h13,17-18H,3-12H2,1-2H3,(H,15,19). The minimum absolute atomic E-state index is 0.0698. The van der Waals surface area contributed by atoms with Crippen molar-refractivity contribution in [1.82, 2.24) is 10.2 Å². The van der Waals surface area contributed by atoms with E-state index >= 15 is 0 Å². The molecule has 0 aromatic heterocycles. The number of carbonyl (C=O) groups is 1. The molecule has 126 valence electrons. The topological polar surface area (TPSA) is 91.3 Å². The summed E-state index contributed by atoms with van der Waals surface area (Å²) in [7, 11) is 3.94. The molecule has 0 aliphatic heterocycles. The quantitative estimate of drug-likeness (QED) is 0.421. The summed E-state index contributed by atoms with van der Waals surface area (Å²) in [5.74, 6) is 0. The zero-order valence-corrected chi connectivity index (χ0v) is 13.2. The molecule has 21 heavy (non-hydrogen) atoms. The summed E-state index contributed by atoms with van der Waals surface area (Å²) >= 11 is 0. The second-order valence-corrected chi connectivity index (χ2v) is 5.10. The average molecular weight is 306 g/mol. The van der Waals surface area contributed by atoms with E-state index in [0.717, 1.165) is 6.54 Å². The van der Waals surface area contributed by atoms with Crippen LogP contribution in [0.25, 0.3) is 0 Å². The highest BCUT2D eigenvalue weighted by Gasteiger charge is 2.13. The molecule has 7 heteroatoms. The van der Waals surface area contributed by atoms with Gasteiger partial charge in [-0.2, -0.15) is 0 Å². The third kappa shape index (κ3) is 13.8. The van der Waals surface area contributed by atoms with Crippen LogP contribution >= 0.6 is 0 Å². The van der Waals surface area contributed by atoms with Crippen molar-refractivity contribution in [3.8, 4) is 0 Å². The first-order valence-corrected chi connectivity index (χ1v) is 7.48. The van der Waals surface area contributed by atoms with E-state index in [1.54, 1.807) is 0 Å². The van der Waals surface area contributed by atoms with Gasteiger partial charge in [-0.05, 0) is 39.8 Å². The highest BCUT2D eigenvalue weighted by atomic mass is 16.6. The summed E-state index contributed by atoms with van der Waals surface area (Å²) in [5.41, 5.74) is 0. The highest BCUT2D eigenvalue weighted by molar-refractivity contribution is 5.67. The number of alkyl carbamates (subject to hydrolysis) is 1. The van der Waals surface area contributed by atoms with E-state index in [1.165, 1.54) is 0 Å². The van der Waals surface area contributed by atoms with E-state index < -0.39 is 6.09 Å². The second-order valence-electron chi connectivity index (χ2n) is 5.10. The number of rotatable bonds is 13. The molecule has 0 aromatic carbocycles. The molecule has 3 N–H and O–H groups in total. The van der Waals surface area contributed by atoms with Gasteiger partial charge in [-0.15, -0.1) is 0 Å². The Kier molecular flexibility index (Phi) is 13.5. The molecule has 0 rings (SSSR count). The van der Waals surface area contributed by atoms with Crippen LogP contribution in [0.3, 0.4) is 0 Å². The normalized spacial score (nSPS) is 11.1. The first-order valence-electron chi connectivity index (χ1n) is 7.48. The third-order valence-electron chi connectivity index (χ3n) is 2.84. The van der Waals surface area contributed by atoms with E-state index in [2.05, 4.69) is 5.32 Å². The lowest BCUT2D eigenvalue weighted by Crippen LogP contribution is -2.32. The van der Waals surface area contributed by atoms with E-state index in [0.29, 0.717) is 45.4 Å². The Hall–Kier alpha value is -0.890. The van der Waals surface area contributed by atoms with Crippen LogP contribution in [0.4, 0.5) is 4.79 Å². The molecule has 0 spiro atoms. The van der Waals surface area contributed by atoms with Gasteiger partial charge in [0.05, 0.1) is 13.2 Å². The first kappa shape index (κ1) is 20.1. The van der Waals surface area contributed by atoms with Crippen LogP contribution in [0.15, 0.2) is 0 Å². The minimum atomic E-state index is -0.480. The van der Waals surface area contributed by atoms with Crippen LogP contribution in [0.1, 0.15) is 25.7 Å². The summed E-state index contributed by atoms with van der Waals surface area (Å²) in [4.78, 5) is 13.6. The molecule has 0 unspecified atom stereocenters. The summed E-state index contributed by atoms with van der Waals surface area (Å²) in [6.07, 6.45) is 1.62. The predicted octanol–water partition coefficient (Wildman–Crippen LogP) is 0.204. The number of ether oxygens (including phenoxy) is 2. The summed E-state index contributed by atoms with van der Waals surface area (Å²) in [6, 6.07) is 0. The van der Waals surface area contributed by atoms with E-state index in [-0.39, 0.29) is 19.3 Å². The molecule has 7 nitrogen and oxygen atoms in total. The molecule has 0 saturated heterocycles. The molecular weight excluding hydrogens is 276 g/mol. The average Bonchev–Trinajstić information content (AvgIpc) is 2.45. The van der Waals surface area contributed by atoms with Crippen molar-refractivity contribution in [3.05, 3.63) is 0 Å². The van der Waals surface area contributed by atoms with Crippen LogP contribution in [-0.2, 0) is 9.47 Å². The monoisotopic (exact) mass is 306 g/mol. The molecule has 0 aromatic rings. The van der Waals surface area contributed by atoms with Gasteiger partial charge in [-0.25, -0.2) is 4.79 Å². The molecule has 0 aliphatic carbocycles. The zero-order chi connectivity index (χ0) is 15.9. The Morgan fingerprint density at radius 1 is 1.14 bits per heavy atom. The number of amides is 1. The number of nitrogens with one attached hydrogen (secondary N) is 1. The van der Waals surface area contributed by atoms with Gasteiger partial charge in [0.25, 0.3) is 0 Å². The zero-order valence-electron chi connectivity index (χ0n) is 13.2. The fraction of sp³-hybridized carbons (Fsp3) is 0.929. The lowest BCUT2D eigenvalue weighted by molar-refractivity contribution is 0.0727. The highest BCUT2D eigenvalue weighted by Crippen LogP contribution is 2.09. The Labute approximate surface area is 127 Å². The van der Waals surface area contributed by atoms with Crippen LogP contribution in [0.2, 0.25) is 0 Å². The van der Waals surface area contributed by atoms with E-state index in [4.69, 9.17) is 19.7 Å². The molecule has 0 heterocycles. The van der Waals surface area contributed by atoms with Gasteiger partial charge in [0.2, 0.25) is 0 Å². The van der Waals surface area contributed by atoms with Crippen molar-refractivity contribution in [2.24, 2.45) is 0 Å². The number of hydrogen-bond acceptors (Lipinski definition) is 6. The van der Waals surface area contributed by atoms with Gasteiger partial charge in [0.1, 0.15) is 6.10 Å². The Balaban J connectivity index is 3.70. The van der Waals surface area contributed by atoms with Crippen molar-refractivity contribution >= 4 is 6.09 Å². The van der Waals surface area contributed by atoms with Gasteiger partial charge >= 0.3 is 6.09 Å². The van der Waals surface area contributed by atoms with Gasteiger partial charge in [-0.3, -0.25) is 0 Å².